The number of aromatic amines is 1. The van der Waals surface area contributed by atoms with E-state index in [1.165, 1.54) is 6.92 Å². The first-order chi connectivity index (χ1) is 7.54. The summed E-state index contributed by atoms with van der Waals surface area (Å²) in [6, 6.07) is 0. The molecule has 16 heavy (non-hydrogen) atoms. The van der Waals surface area contributed by atoms with Crippen LogP contribution in [0.4, 0.5) is 5.95 Å². The smallest absolute Gasteiger partial charge is 0.352 e. The minimum absolute atomic E-state index is 0.00259. The maximum atomic E-state index is 11.1. The van der Waals surface area contributed by atoms with E-state index in [1.807, 2.05) is 0 Å². The molecule has 0 aliphatic heterocycles. The molecule has 0 spiro atoms. The van der Waals surface area contributed by atoms with Crippen molar-refractivity contribution in [1.29, 1.82) is 0 Å². The second-order valence-electron chi connectivity index (χ2n) is 2.92. The Bertz CT molecular complexity index is 479. The molecule has 0 bridgehead atoms. The number of carboxylic acids is 1. The molecule has 0 aliphatic rings. The van der Waals surface area contributed by atoms with Crippen molar-refractivity contribution in [1.82, 2.24) is 15.2 Å². The molecule has 8 heteroatoms. The quantitative estimate of drug-likeness (QED) is 0.479. The molecule has 0 aliphatic carbocycles. The van der Waals surface area contributed by atoms with Crippen molar-refractivity contribution in [2.24, 2.45) is 5.10 Å². The number of hydrazone groups is 1. The van der Waals surface area contributed by atoms with E-state index in [0.29, 0.717) is 0 Å². The Labute approximate surface area is 90.4 Å². The minimum Gasteiger partial charge on any atom is -0.477 e. The highest BCUT2D eigenvalue weighted by atomic mass is 16.4. The third kappa shape index (κ3) is 2.87. The first kappa shape index (κ1) is 11.8. The maximum absolute atomic E-state index is 11.1. The lowest BCUT2D eigenvalue weighted by atomic mass is 10.3. The summed E-state index contributed by atoms with van der Waals surface area (Å²) >= 11 is 0. The molecule has 1 rings (SSSR count). The van der Waals surface area contributed by atoms with E-state index in [0.717, 1.165) is 0 Å². The van der Waals surface area contributed by atoms with Gasteiger partial charge in [0.05, 0.1) is 0 Å². The van der Waals surface area contributed by atoms with Crippen LogP contribution in [0.3, 0.4) is 0 Å². The van der Waals surface area contributed by atoms with Gasteiger partial charge in [0.15, 0.2) is 0 Å². The molecule has 86 valence electrons. The lowest BCUT2D eigenvalue weighted by molar-refractivity contribution is -0.129. The molecular formula is C8H11N5O3. The molecule has 0 radical (unpaired) electrons. The van der Waals surface area contributed by atoms with Crippen molar-refractivity contribution in [3.63, 3.8) is 0 Å². The van der Waals surface area contributed by atoms with Crippen molar-refractivity contribution in [2.45, 2.75) is 20.3 Å². The number of carbonyl (C=O) groups is 1. The number of hydrogen-bond acceptors (Lipinski definition) is 6. The molecule has 0 saturated carbocycles. The summed E-state index contributed by atoms with van der Waals surface area (Å²) in [5, 5.41) is 19.4. The normalized spacial score (nSPS) is 11.2. The Kier molecular flexibility index (Phi) is 3.70. The van der Waals surface area contributed by atoms with Crippen LogP contribution in [0, 0.1) is 6.92 Å². The van der Waals surface area contributed by atoms with Crippen LogP contribution in [0.1, 0.15) is 19.0 Å². The fourth-order valence-electron chi connectivity index (χ4n) is 0.842. The summed E-state index contributed by atoms with van der Waals surface area (Å²) < 4.78 is 0. The number of anilines is 1. The summed E-state index contributed by atoms with van der Waals surface area (Å²) in [6.45, 7) is 3.16. The Hall–Kier alpha value is -2.25. The summed E-state index contributed by atoms with van der Waals surface area (Å²) in [6.07, 6.45) is 0.256. The Morgan fingerprint density at radius 1 is 1.56 bits per heavy atom. The highest BCUT2D eigenvalue weighted by Gasteiger charge is 2.06. The molecule has 1 aromatic rings. The van der Waals surface area contributed by atoms with E-state index < -0.39 is 11.5 Å². The fraction of sp³-hybridized carbons (Fsp3) is 0.375. The second-order valence-corrected chi connectivity index (χ2v) is 2.92. The molecule has 0 saturated heterocycles. The highest BCUT2D eigenvalue weighted by Crippen LogP contribution is 1.93. The summed E-state index contributed by atoms with van der Waals surface area (Å²) in [7, 11) is 0. The maximum Gasteiger partial charge on any atom is 0.352 e. The van der Waals surface area contributed by atoms with E-state index in [4.69, 9.17) is 5.11 Å². The topological polar surface area (TPSA) is 120 Å². The van der Waals surface area contributed by atoms with Crippen LogP contribution >= 0.6 is 0 Å². The molecule has 0 amide bonds. The zero-order valence-corrected chi connectivity index (χ0v) is 8.81. The van der Waals surface area contributed by atoms with Gasteiger partial charge in [-0.3, -0.25) is 9.78 Å². The Balaban J connectivity index is 2.85. The number of rotatable bonds is 4. The summed E-state index contributed by atoms with van der Waals surface area (Å²) in [5.41, 5.74) is 2.08. The Morgan fingerprint density at radius 3 is 2.75 bits per heavy atom. The van der Waals surface area contributed by atoms with E-state index in [1.54, 1.807) is 6.92 Å². The fourth-order valence-corrected chi connectivity index (χ4v) is 0.842. The van der Waals surface area contributed by atoms with E-state index in [2.05, 4.69) is 25.7 Å². The van der Waals surface area contributed by atoms with Gasteiger partial charge in [-0.15, -0.1) is 10.2 Å². The van der Waals surface area contributed by atoms with E-state index in [9.17, 15) is 9.59 Å². The number of aliphatic carboxylic acids is 1. The summed E-state index contributed by atoms with van der Waals surface area (Å²) in [5.74, 6) is -1.12. The lowest BCUT2D eigenvalue weighted by Gasteiger charge is -2.00. The highest BCUT2D eigenvalue weighted by molar-refractivity contribution is 6.35. The third-order valence-corrected chi connectivity index (χ3v) is 1.74. The van der Waals surface area contributed by atoms with Crippen LogP contribution in [0.5, 0.6) is 0 Å². The van der Waals surface area contributed by atoms with Gasteiger partial charge >= 0.3 is 5.97 Å². The molecule has 8 nitrogen and oxygen atoms in total. The molecule has 1 aromatic heterocycles. The van der Waals surface area contributed by atoms with Gasteiger partial charge in [0.25, 0.3) is 5.56 Å². The predicted octanol–water partition coefficient (Wildman–Crippen LogP) is -0.264. The van der Waals surface area contributed by atoms with Crippen molar-refractivity contribution >= 4 is 17.6 Å². The number of hydrogen-bond donors (Lipinski definition) is 3. The zero-order valence-electron chi connectivity index (χ0n) is 8.81. The van der Waals surface area contributed by atoms with Crippen LogP contribution in [0.25, 0.3) is 0 Å². The van der Waals surface area contributed by atoms with Crippen molar-refractivity contribution in [3.8, 4) is 0 Å². The minimum atomic E-state index is -1.13. The monoisotopic (exact) mass is 225 g/mol. The van der Waals surface area contributed by atoms with E-state index in [-0.39, 0.29) is 23.8 Å². The largest absolute Gasteiger partial charge is 0.477 e. The van der Waals surface area contributed by atoms with Gasteiger partial charge in [-0.2, -0.15) is 5.10 Å². The lowest BCUT2D eigenvalue weighted by Crippen LogP contribution is -2.18. The van der Waals surface area contributed by atoms with Crippen LogP contribution in [0.2, 0.25) is 0 Å². The van der Waals surface area contributed by atoms with Gasteiger partial charge in [0.1, 0.15) is 11.4 Å². The number of H-pyrrole nitrogens is 1. The zero-order chi connectivity index (χ0) is 12.1. The van der Waals surface area contributed by atoms with Gasteiger partial charge in [-0.25, -0.2) is 10.2 Å². The molecule has 0 aromatic carbocycles. The van der Waals surface area contributed by atoms with Crippen molar-refractivity contribution in [2.75, 3.05) is 5.43 Å². The van der Waals surface area contributed by atoms with Crippen molar-refractivity contribution in [3.05, 3.63) is 16.0 Å². The Morgan fingerprint density at radius 2 is 2.25 bits per heavy atom. The molecule has 3 N–H and O–H groups in total. The van der Waals surface area contributed by atoms with Crippen LogP contribution < -0.4 is 11.0 Å². The molecule has 0 unspecified atom stereocenters. The average Bonchev–Trinajstić information content (AvgIpc) is 2.23. The van der Waals surface area contributed by atoms with E-state index >= 15 is 0 Å². The second kappa shape index (κ2) is 5.01. The predicted molar refractivity (Wildman–Crippen MR) is 56.4 cm³/mol. The van der Waals surface area contributed by atoms with Crippen LogP contribution in [-0.2, 0) is 4.79 Å². The van der Waals surface area contributed by atoms with Gasteiger partial charge in [0.2, 0.25) is 5.95 Å². The first-order valence-corrected chi connectivity index (χ1v) is 4.54. The van der Waals surface area contributed by atoms with Gasteiger partial charge < -0.3 is 5.11 Å². The van der Waals surface area contributed by atoms with Crippen LogP contribution in [0.15, 0.2) is 9.90 Å². The molecule has 0 fully saturated rings. The number of nitrogens with zero attached hydrogens (tertiary/aromatic N) is 3. The first-order valence-electron chi connectivity index (χ1n) is 4.54. The number of aryl methyl sites for hydroxylation is 1. The summed E-state index contributed by atoms with van der Waals surface area (Å²) in [4.78, 5) is 24.1. The van der Waals surface area contributed by atoms with Gasteiger partial charge in [0, 0.05) is 0 Å². The number of carboxylic acid groups (broad SMARTS) is 1. The van der Waals surface area contributed by atoms with Crippen molar-refractivity contribution < 1.29 is 9.90 Å². The molecule has 0 atom stereocenters. The number of aromatic nitrogens is 3. The van der Waals surface area contributed by atoms with Crippen LogP contribution in [-0.4, -0.2) is 32.0 Å². The molecule has 1 heterocycles. The van der Waals surface area contributed by atoms with Gasteiger partial charge in [-0.05, 0) is 13.3 Å². The number of nitrogens with one attached hydrogen (secondary N) is 2. The third-order valence-electron chi connectivity index (χ3n) is 1.74. The average molecular weight is 225 g/mol. The SMILES string of the molecule is CCC(=NNc1nnc(C)c(=O)[nH]1)C(=O)O. The van der Waals surface area contributed by atoms with Gasteiger partial charge in [-0.1, -0.05) is 6.92 Å². The standard InChI is InChI=1S/C8H11N5O3/c1-3-5(7(15)16)11-13-8-9-6(14)4(2)10-12-8/h3H2,1-2H3,(H,15,16)(H2,9,12,13,14). The molecular weight excluding hydrogens is 214 g/mol.